The summed E-state index contributed by atoms with van der Waals surface area (Å²) in [6.45, 7) is 7.16. The zero-order chi connectivity index (χ0) is 14.7. The van der Waals surface area contributed by atoms with Gasteiger partial charge in [0.2, 0.25) is 5.78 Å². The maximum Gasteiger partial charge on any atom is 0.211 e. The fourth-order valence-corrected chi connectivity index (χ4v) is 3.14. The van der Waals surface area contributed by atoms with E-state index >= 15 is 0 Å². The lowest BCUT2D eigenvalue weighted by Gasteiger charge is -2.33. The first-order valence-electron chi connectivity index (χ1n) is 7.13. The van der Waals surface area contributed by atoms with Gasteiger partial charge in [-0.15, -0.1) is 11.3 Å². The smallest absolute Gasteiger partial charge is 0.211 e. The average Bonchev–Trinajstić information content (AvgIpc) is 3.13. The summed E-state index contributed by atoms with van der Waals surface area (Å²) in [6, 6.07) is 3.48. The molecule has 2 aromatic rings. The van der Waals surface area contributed by atoms with Crippen LogP contribution >= 0.6 is 11.3 Å². The highest BCUT2D eigenvalue weighted by molar-refractivity contribution is 7.09. The molecule has 0 aromatic carbocycles. The van der Waals surface area contributed by atoms with E-state index in [9.17, 15) is 4.79 Å². The number of hydrogen-bond acceptors (Lipinski definition) is 6. The Hall–Kier alpha value is -1.50. The lowest BCUT2D eigenvalue weighted by atomic mass is 10.2. The van der Waals surface area contributed by atoms with Crippen LogP contribution in [0.5, 0.6) is 0 Å². The van der Waals surface area contributed by atoms with E-state index in [1.807, 2.05) is 6.92 Å². The number of ketones is 1. The van der Waals surface area contributed by atoms with Crippen LogP contribution in [0.2, 0.25) is 0 Å². The Labute approximate surface area is 128 Å². The minimum Gasteiger partial charge on any atom is -0.461 e. The summed E-state index contributed by atoms with van der Waals surface area (Å²) in [5, 5.41) is 3.25. The number of carbonyl (C=O) groups excluding carboxylic acids is 1. The maximum absolute atomic E-state index is 12.0. The van der Waals surface area contributed by atoms with Crippen molar-refractivity contribution in [3.8, 4) is 0 Å². The predicted octanol–water partition coefficient (Wildman–Crippen LogP) is 2.05. The zero-order valence-electron chi connectivity index (χ0n) is 12.1. The second-order valence-corrected chi connectivity index (χ2v) is 6.37. The van der Waals surface area contributed by atoms with Gasteiger partial charge in [0, 0.05) is 38.1 Å². The van der Waals surface area contributed by atoms with E-state index in [2.05, 4.69) is 20.2 Å². The van der Waals surface area contributed by atoms with Gasteiger partial charge in [0.15, 0.2) is 5.76 Å². The summed E-state index contributed by atoms with van der Waals surface area (Å²) in [7, 11) is 0. The van der Waals surface area contributed by atoms with Crippen LogP contribution in [-0.4, -0.2) is 53.3 Å². The molecular weight excluding hydrogens is 286 g/mol. The monoisotopic (exact) mass is 305 g/mol. The van der Waals surface area contributed by atoms with Crippen LogP contribution in [0.3, 0.4) is 0 Å². The van der Waals surface area contributed by atoms with E-state index in [0.717, 1.165) is 43.4 Å². The average molecular weight is 305 g/mol. The van der Waals surface area contributed by atoms with Gasteiger partial charge in [0.05, 0.1) is 23.5 Å². The second kappa shape index (κ2) is 6.51. The third-order valence-electron chi connectivity index (χ3n) is 3.68. The van der Waals surface area contributed by atoms with Crippen molar-refractivity contribution < 1.29 is 9.21 Å². The molecule has 1 fully saturated rings. The molecule has 0 unspecified atom stereocenters. The van der Waals surface area contributed by atoms with Crippen molar-refractivity contribution in [2.24, 2.45) is 0 Å². The lowest BCUT2D eigenvalue weighted by molar-refractivity contribution is 0.0817. The predicted molar refractivity (Wildman–Crippen MR) is 81.6 cm³/mol. The minimum atomic E-state index is 0.0589. The minimum absolute atomic E-state index is 0.0589. The summed E-state index contributed by atoms with van der Waals surface area (Å²) in [6.07, 6.45) is 1.54. The molecule has 0 amide bonds. The van der Waals surface area contributed by atoms with Crippen molar-refractivity contribution in [2.45, 2.75) is 13.5 Å². The molecule has 3 heterocycles. The van der Waals surface area contributed by atoms with Gasteiger partial charge in [0.25, 0.3) is 0 Å². The first-order valence-corrected chi connectivity index (χ1v) is 8.01. The molecule has 1 aliphatic rings. The highest BCUT2D eigenvalue weighted by Crippen LogP contribution is 2.12. The number of furan rings is 1. The van der Waals surface area contributed by atoms with Crippen LogP contribution in [0.15, 0.2) is 28.2 Å². The molecule has 112 valence electrons. The standard InChI is InChI=1S/C15H19N3O2S/c1-12-16-13(11-21-12)9-17-4-6-18(7-5-17)10-14(19)15-3-2-8-20-15/h2-3,8,11H,4-7,9-10H2,1H3. The lowest BCUT2D eigenvalue weighted by Crippen LogP contribution is -2.47. The summed E-state index contributed by atoms with van der Waals surface area (Å²) >= 11 is 1.70. The van der Waals surface area contributed by atoms with Gasteiger partial charge in [-0.3, -0.25) is 14.6 Å². The normalized spacial score (nSPS) is 17.2. The SMILES string of the molecule is Cc1nc(CN2CCN(CC(=O)c3ccco3)CC2)cs1. The Kier molecular flexibility index (Phi) is 4.48. The van der Waals surface area contributed by atoms with Crippen LogP contribution in [0.4, 0.5) is 0 Å². The molecule has 0 aliphatic carbocycles. The van der Waals surface area contributed by atoms with Gasteiger partial charge < -0.3 is 4.42 Å². The molecular formula is C15H19N3O2S. The molecule has 0 radical (unpaired) electrons. The third kappa shape index (κ3) is 3.78. The third-order valence-corrected chi connectivity index (χ3v) is 4.50. The Morgan fingerprint density at radius 1 is 1.33 bits per heavy atom. The number of rotatable bonds is 5. The Morgan fingerprint density at radius 2 is 2.10 bits per heavy atom. The molecule has 21 heavy (non-hydrogen) atoms. The first kappa shape index (κ1) is 14.4. The molecule has 6 heteroatoms. The topological polar surface area (TPSA) is 49.6 Å². The summed E-state index contributed by atoms with van der Waals surface area (Å²) in [5.41, 5.74) is 1.15. The largest absolute Gasteiger partial charge is 0.461 e. The van der Waals surface area contributed by atoms with E-state index in [-0.39, 0.29) is 5.78 Å². The number of aromatic nitrogens is 1. The fraction of sp³-hybridized carbons (Fsp3) is 0.467. The first-order chi connectivity index (χ1) is 10.2. The number of nitrogens with zero attached hydrogens (tertiary/aromatic N) is 3. The molecule has 0 N–H and O–H groups in total. The molecule has 2 aromatic heterocycles. The molecule has 0 saturated carbocycles. The summed E-state index contributed by atoms with van der Waals surface area (Å²) in [4.78, 5) is 21.1. The van der Waals surface area contributed by atoms with Crippen LogP contribution in [-0.2, 0) is 6.54 Å². The Bertz CT molecular complexity index is 586. The summed E-state index contributed by atoms with van der Waals surface area (Å²) < 4.78 is 5.15. The van der Waals surface area contributed by atoms with Crippen LogP contribution in [0.1, 0.15) is 21.3 Å². The number of hydrogen-bond donors (Lipinski definition) is 0. The van der Waals surface area contributed by atoms with Crippen molar-refractivity contribution in [2.75, 3.05) is 32.7 Å². The number of Topliss-reactive ketones (excluding diaryl/α,β-unsaturated/α-hetero) is 1. The van der Waals surface area contributed by atoms with E-state index in [1.165, 1.54) is 0 Å². The molecule has 3 rings (SSSR count). The Morgan fingerprint density at radius 3 is 2.71 bits per heavy atom. The molecule has 1 aliphatic heterocycles. The second-order valence-electron chi connectivity index (χ2n) is 5.31. The van der Waals surface area contributed by atoms with Crippen molar-refractivity contribution in [1.82, 2.24) is 14.8 Å². The van der Waals surface area contributed by atoms with Gasteiger partial charge in [-0.25, -0.2) is 4.98 Å². The van der Waals surface area contributed by atoms with E-state index in [0.29, 0.717) is 12.3 Å². The van der Waals surface area contributed by atoms with E-state index in [4.69, 9.17) is 4.42 Å². The van der Waals surface area contributed by atoms with Crippen LogP contribution in [0.25, 0.3) is 0 Å². The summed E-state index contributed by atoms with van der Waals surface area (Å²) in [5.74, 6) is 0.513. The van der Waals surface area contributed by atoms with Gasteiger partial charge >= 0.3 is 0 Å². The maximum atomic E-state index is 12.0. The van der Waals surface area contributed by atoms with Crippen molar-refractivity contribution in [1.29, 1.82) is 0 Å². The van der Waals surface area contributed by atoms with Crippen LogP contribution in [0, 0.1) is 6.92 Å². The number of aryl methyl sites for hydroxylation is 1. The zero-order valence-corrected chi connectivity index (χ0v) is 12.9. The number of carbonyl (C=O) groups is 1. The van der Waals surface area contributed by atoms with Crippen molar-refractivity contribution in [3.63, 3.8) is 0 Å². The van der Waals surface area contributed by atoms with Crippen molar-refractivity contribution in [3.05, 3.63) is 40.2 Å². The number of thiazole rings is 1. The molecule has 0 atom stereocenters. The van der Waals surface area contributed by atoms with E-state index < -0.39 is 0 Å². The Balaban J connectivity index is 1.45. The van der Waals surface area contributed by atoms with Gasteiger partial charge in [-0.1, -0.05) is 0 Å². The fourth-order valence-electron chi connectivity index (χ4n) is 2.53. The quantitative estimate of drug-likeness (QED) is 0.791. The van der Waals surface area contributed by atoms with Crippen molar-refractivity contribution >= 4 is 17.1 Å². The molecule has 1 saturated heterocycles. The molecule has 0 spiro atoms. The molecule has 5 nitrogen and oxygen atoms in total. The highest BCUT2D eigenvalue weighted by atomic mass is 32.1. The van der Waals surface area contributed by atoms with Gasteiger partial charge in [-0.05, 0) is 19.1 Å². The van der Waals surface area contributed by atoms with E-state index in [1.54, 1.807) is 29.7 Å². The number of piperazine rings is 1. The van der Waals surface area contributed by atoms with Gasteiger partial charge in [0.1, 0.15) is 0 Å². The molecule has 0 bridgehead atoms. The van der Waals surface area contributed by atoms with Gasteiger partial charge in [-0.2, -0.15) is 0 Å². The highest BCUT2D eigenvalue weighted by Gasteiger charge is 2.21. The van der Waals surface area contributed by atoms with Crippen LogP contribution < -0.4 is 0 Å².